The normalized spacial score (nSPS) is 13.8. The zero-order valence-corrected chi connectivity index (χ0v) is 12.6. The highest BCUT2D eigenvalue weighted by molar-refractivity contribution is 8.00. The van der Waals surface area contributed by atoms with Crippen LogP contribution in [0.25, 0.3) is 6.08 Å². The molecule has 0 saturated carbocycles. The van der Waals surface area contributed by atoms with Gasteiger partial charge in [0, 0.05) is 7.05 Å². The second-order valence-electron chi connectivity index (χ2n) is 4.09. The van der Waals surface area contributed by atoms with Gasteiger partial charge in [0.25, 0.3) is 0 Å². The molecule has 2 atom stereocenters. The Balaban J connectivity index is 2.97. The molecule has 5 heteroatoms. The smallest absolute Gasteiger partial charge is 0.314 e. The van der Waals surface area contributed by atoms with Crippen LogP contribution in [0.3, 0.4) is 0 Å². The predicted octanol–water partition coefficient (Wildman–Crippen LogP) is 1.97. The first-order valence-corrected chi connectivity index (χ1v) is 7.48. The fourth-order valence-corrected chi connectivity index (χ4v) is 2.60. The van der Waals surface area contributed by atoms with E-state index in [-0.39, 0.29) is 5.91 Å². The van der Waals surface area contributed by atoms with Crippen molar-refractivity contribution in [2.45, 2.75) is 5.25 Å². The fraction of sp³-hybridized carbons (Fsp3) is 0.333. The number of benzene rings is 1. The standard InChI is InChI=1S/C15H19NO3S/c1-16-14(17)13(20-3)12(15(18)19-2)10-9-11-7-5-4-6-8-11/h4-10,12-13H,1-3H3,(H,16,17)/b10-9+/t12-,13+/m1/s1. The summed E-state index contributed by atoms with van der Waals surface area (Å²) in [6.07, 6.45) is 5.34. The number of hydrogen-bond acceptors (Lipinski definition) is 4. The number of hydrogen-bond donors (Lipinski definition) is 1. The molecule has 0 aromatic heterocycles. The Morgan fingerprint density at radius 2 is 1.95 bits per heavy atom. The van der Waals surface area contributed by atoms with Gasteiger partial charge in [0.2, 0.25) is 5.91 Å². The number of carbonyl (C=O) groups excluding carboxylic acids is 2. The molecule has 0 spiro atoms. The van der Waals surface area contributed by atoms with Crippen molar-refractivity contribution in [3.05, 3.63) is 42.0 Å². The Morgan fingerprint density at radius 3 is 2.45 bits per heavy atom. The number of nitrogens with one attached hydrogen (secondary N) is 1. The van der Waals surface area contributed by atoms with Crippen LogP contribution in [0.15, 0.2) is 36.4 Å². The quantitative estimate of drug-likeness (QED) is 0.815. The third kappa shape index (κ3) is 4.42. The van der Waals surface area contributed by atoms with Crippen molar-refractivity contribution in [2.24, 2.45) is 5.92 Å². The van der Waals surface area contributed by atoms with Crippen molar-refractivity contribution in [2.75, 3.05) is 20.4 Å². The maximum absolute atomic E-state index is 11.9. The lowest BCUT2D eigenvalue weighted by Crippen LogP contribution is -2.38. The Bertz CT molecular complexity index is 473. The topological polar surface area (TPSA) is 55.4 Å². The largest absolute Gasteiger partial charge is 0.469 e. The van der Waals surface area contributed by atoms with Gasteiger partial charge < -0.3 is 10.1 Å². The summed E-state index contributed by atoms with van der Waals surface area (Å²) in [5.41, 5.74) is 0.971. The van der Waals surface area contributed by atoms with Crippen molar-refractivity contribution in [3.8, 4) is 0 Å². The van der Waals surface area contributed by atoms with E-state index in [1.165, 1.54) is 18.9 Å². The van der Waals surface area contributed by atoms with Gasteiger partial charge in [-0.3, -0.25) is 9.59 Å². The molecular formula is C15H19NO3S. The summed E-state index contributed by atoms with van der Waals surface area (Å²) in [7, 11) is 2.88. The first kappa shape index (κ1) is 16.3. The molecule has 0 heterocycles. The third-order valence-corrected chi connectivity index (χ3v) is 3.87. The van der Waals surface area contributed by atoms with E-state index in [2.05, 4.69) is 5.32 Å². The first-order valence-electron chi connectivity index (χ1n) is 6.19. The lowest BCUT2D eigenvalue weighted by molar-refractivity contribution is -0.145. The molecule has 1 N–H and O–H groups in total. The number of methoxy groups -OCH3 is 1. The summed E-state index contributed by atoms with van der Waals surface area (Å²) < 4.78 is 4.79. The lowest BCUT2D eigenvalue weighted by atomic mass is 10.0. The van der Waals surface area contributed by atoms with Crippen LogP contribution in [0.2, 0.25) is 0 Å². The van der Waals surface area contributed by atoms with Gasteiger partial charge in [0.1, 0.15) is 5.25 Å². The van der Waals surface area contributed by atoms with Gasteiger partial charge in [-0.2, -0.15) is 11.8 Å². The van der Waals surface area contributed by atoms with Crippen LogP contribution in [-0.2, 0) is 14.3 Å². The minimum absolute atomic E-state index is 0.189. The molecule has 4 nitrogen and oxygen atoms in total. The molecule has 1 amide bonds. The van der Waals surface area contributed by atoms with Gasteiger partial charge in [-0.25, -0.2) is 0 Å². The number of carbonyl (C=O) groups is 2. The minimum atomic E-state index is -0.616. The van der Waals surface area contributed by atoms with Gasteiger partial charge in [0.05, 0.1) is 13.0 Å². The second-order valence-corrected chi connectivity index (χ2v) is 5.07. The monoisotopic (exact) mass is 293 g/mol. The summed E-state index contributed by atoms with van der Waals surface area (Å²) in [5.74, 6) is -1.22. The highest BCUT2D eigenvalue weighted by atomic mass is 32.2. The number of thioether (sulfide) groups is 1. The van der Waals surface area contributed by atoms with Crippen molar-refractivity contribution < 1.29 is 14.3 Å². The Labute approximate surface area is 123 Å². The molecular weight excluding hydrogens is 274 g/mol. The van der Waals surface area contributed by atoms with Gasteiger partial charge >= 0.3 is 5.97 Å². The molecule has 0 aliphatic heterocycles. The van der Waals surface area contributed by atoms with E-state index in [1.807, 2.05) is 36.4 Å². The maximum atomic E-state index is 11.9. The molecule has 0 fully saturated rings. The molecule has 0 unspecified atom stereocenters. The van der Waals surface area contributed by atoms with E-state index in [1.54, 1.807) is 19.4 Å². The number of esters is 1. The summed E-state index contributed by atoms with van der Waals surface area (Å²) in [4.78, 5) is 23.7. The molecule has 0 bridgehead atoms. The Hall–Kier alpha value is -1.75. The molecule has 0 saturated heterocycles. The molecule has 1 rings (SSSR count). The average Bonchev–Trinajstić information content (AvgIpc) is 2.51. The zero-order valence-electron chi connectivity index (χ0n) is 11.8. The average molecular weight is 293 g/mol. The molecule has 0 radical (unpaired) electrons. The van der Waals surface area contributed by atoms with Crippen LogP contribution < -0.4 is 5.32 Å². The lowest BCUT2D eigenvalue weighted by Gasteiger charge is -2.19. The van der Waals surface area contributed by atoms with Crippen LogP contribution in [-0.4, -0.2) is 37.5 Å². The SMILES string of the molecule is CNC(=O)[C@@H](SC)[C@@H](/C=C/c1ccccc1)C(=O)OC. The minimum Gasteiger partial charge on any atom is -0.469 e. The number of rotatable bonds is 6. The molecule has 108 valence electrons. The summed E-state index contributed by atoms with van der Waals surface area (Å²) >= 11 is 1.33. The first-order chi connectivity index (χ1) is 9.63. The van der Waals surface area contributed by atoms with Crippen molar-refractivity contribution >= 4 is 29.7 Å². The third-order valence-electron chi connectivity index (χ3n) is 2.85. The highest BCUT2D eigenvalue weighted by Crippen LogP contribution is 2.21. The van der Waals surface area contributed by atoms with Crippen LogP contribution in [0, 0.1) is 5.92 Å². The number of ether oxygens (including phenoxy) is 1. The van der Waals surface area contributed by atoms with Crippen molar-refractivity contribution in [1.29, 1.82) is 0 Å². The zero-order chi connectivity index (χ0) is 15.0. The van der Waals surface area contributed by atoms with Crippen molar-refractivity contribution in [3.63, 3.8) is 0 Å². The highest BCUT2D eigenvalue weighted by Gasteiger charge is 2.31. The van der Waals surface area contributed by atoms with Gasteiger partial charge in [-0.05, 0) is 11.8 Å². The molecule has 20 heavy (non-hydrogen) atoms. The summed E-state index contributed by atoms with van der Waals surface area (Å²) in [6.45, 7) is 0. The van der Waals surface area contributed by atoms with Crippen LogP contribution >= 0.6 is 11.8 Å². The Morgan fingerprint density at radius 1 is 1.30 bits per heavy atom. The van der Waals surface area contributed by atoms with E-state index >= 15 is 0 Å². The van der Waals surface area contributed by atoms with E-state index in [9.17, 15) is 9.59 Å². The van der Waals surface area contributed by atoms with Gasteiger partial charge in [-0.1, -0.05) is 42.5 Å². The van der Waals surface area contributed by atoms with Crippen LogP contribution in [0.4, 0.5) is 0 Å². The Kier molecular flexibility index (Phi) is 6.87. The van der Waals surface area contributed by atoms with Gasteiger partial charge in [-0.15, -0.1) is 0 Å². The molecule has 1 aromatic rings. The number of amides is 1. The van der Waals surface area contributed by atoms with Gasteiger partial charge in [0.15, 0.2) is 0 Å². The fourth-order valence-electron chi connectivity index (χ4n) is 1.78. The van der Waals surface area contributed by atoms with E-state index < -0.39 is 17.1 Å². The molecule has 0 aliphatic carbocycles. The van der Waals surface area contributed by atoms with E-state index in [0.717, 1.165) is 5.56 Å². The predicted molar refractivity (Wildman–Crippen MR) is 82.4 cm³/mol. The van der Waals surface area contributed by atoms with E-state index in [0.29, 0.717) is 0 Å². The molecule has 1 aromatic carbocycles. The van der Waals surface area contributed by atoms with E-state index in [4.69, 9.17) is 4.74 Å². The maximum Gasteiger partial charge on any atom is 0.314 e. The second kappa shape index (κ2) is 8.43. The van der Waals surface area contributed by atoms with Crippen LogP contribution in [0.1, 0.15) is 5.56 Å². The molecule has 0 aliphatic rings. The summed E-state index contributed by atoms with van der Waals surface area (Å²) in [6, 6.07) is 9.61. The van der Waals surface area contributed by atoms with Crippen molar-refractivity contribution in [1.82, 2.24) is 5.32 Å². The summed E-state index contributed by atoms with van der Waals surface area (Å²) in [5, 5.41) is 2.07. The van der Waals surface area contributed by atoms with Crippen LogP contribution in [0.5, 0.6) is 0 Å².